The highest BCUT2D eigenvalue weighted by molar-refractivity contribution is 5.96. The van der Waals surface area contributed by atoms with Gasteiger partial charge in [-0.25, -0.2) is 0 Å². The number of likely N-dealkylation sites (N-methyl/N-ethyl adjacent to an activating group) is 1. The maximum atomic E-state index is 13.7. The van der Waals surface area contributed by atoms with Crippen molar-refractivity contribution in [3.05, 3.63) is 64.8 Å². The summed E-state index contributed by atoms with van der Waals surface area (Å²) < 4.78 is 7.39. The van der Waals surface area contributed by atoms with Crippen LogP contribution in [-0.2, 0) is 21.4 Å². The zero-order chi connectivity index (χ0) is 25.9. The minimum Gasteiger partial charge on any atom is -0.426 e. The summed E-state index contributed by atoms with van der Waals surface area (Å²) in [5.41, 5.74) is 4.12. The highest BCUT2D eigenvalue weighted by atomic mass is 16.5. The normalized spacial score (nSPS) is 11.8. The van der Waals surface area contributed by atoms with Crippen molar-refractivity contribution in [3.63, 3.8) is 0 Å². The van der Waals surface area contributed by atoms with Crippen LogP contribution in [-0.4, -0.2) is 47.8 Å². The van der Waals surface area contributed by atoms with Gasteiger partial charge in [0.25, 0.3) is 0 Å². The van der Waals surface area contributed by atoms with Crippen molar-refractivity contribution in [1.29, 1.82) is 0 Å². The van der Waals surface area contributed by atoms with Crippen molar-refractivity contribution < 1.29 is 19.1 Å². The summed E-state index contributed by atoms with van der Waals surface area (Å²) in [6.45, 7) is 10.1. The van der Waals surface area contributed by atoms with Crippen LogP contribution in [0.2, 0.25) is 0 Å². The van der Waals surface area contributed by atoms with E-state index in [2.05, 4.69) is 11.0 Å². The van der Waals surface area contributed by atoms with E-state index < -0.39 is 11.4 Å². The van der Waals surface area contributed by atoms with Crippen LogP contribution in [0.1, 0.15) is 60.7 Å². The molecule has 0 amide bonds. The molecule has 0 spiro atoms. The summed E-state index contributed by atoms with van der Waals surface area (Å²) >= 11 is 0. The quantitative estimate of drug-likeness (QED) is 0.240. The van der Waals surface area contributed by atoms with Crippen LogP contribution >= 0.6 is 0 Å². The summed E-state index contributed by atoms with van der Waals surface area (Å²) in [6, 6.07) is 11.8. The first-order valence-corrected chi connectivity index (χ1v) is 12.0. The second-order valence-corrected chi connectivity index (χ2v) is 10.4. The molecule has 0 radical (unpaired) electrons. The molecule has 0 unspecified atom stereocenters. The molecule has 0 bridgehead atoms. The van der Waals surface area contributed by atoms with Gasteiger partial charge in [0, 0.05) is 35.5 Å². The fourth-order valence-corrected chi connectivity index (χ4v) is 4.79. The number of esters is 1. The van der Waals surface area contributed by atoms with Gasteiger partial charge in [-0.2, -0.15) is 0 Å². The van der Waals surface area contributed by atoms with Gasteiger partial charge in [0.1, 0.15) is 18.0 Å². The van der Waals surface area contributed by atoms with Crippen LogP contribution in [0.15, 0.2) is 42.6 Å². The third-order valence-corrected chi connectivity index (χ3v) is 6.22. The molecule has 6 heteroatoms. The number of carbonyl (C=O) groups excluding carboxylic acids is 3. The fraction of sp³-hybridized carbons (Fsp3) is 0.414. The molecule has 2 aromatic carbocycles. The summed E-state index contributed by atoms with van der Waals surface area (Å²) in [5.74, 6) is -0.452. The number of para-hydroxylation sites is 1. The number of hydrogen-bond donors (Lipinski definition) is 0. The molecule has 1 aromatic heterocycles. The van der Waals surface area contributed by atoms with Crippen LogP contribution in [0, 0.1) is 13.8 Å². The molecule has 3 aromatic rings. The Morgan fingerprint density at radius 2 is 1.74 bits per heavy atom. The first-order valence-electron chi connectivity index (χ1n) is 12.0. The third kappa shape index (κ3) is 6.25. The van der Waals surface area contributed by atoms with Gasteiger partial charge in [-0.05, 0) is 70.1 Å². The van der Waals surface area contributed by atoms with E-state index in [4.69, 9.17) is 4.74 Å². The van der Waals surface area contributed by atoms with Crippen molar-refractivity contribution in [2.75, 3.05) is 20.6 Å². The molecule has 1 heterocycles. The first-order chi connectivity index (χ1) is 16.4. The first kappa shape index (κ1) is 26.4. The molecule has 3 rings (SSSR count). The zero-order valence-corrected chi connectivity index (χ0v) is 21.9. The van der Waals surface area contributed by atoms with Gasteiger partial charge in [-0.3, -0.25) is 19.0 Å². The van der Waals surface area contributed by atoms with Crippen molar-refractivity contribution in [3.8, 4) is 5.75 Å². The zero-order valence-electron chi connectivity index (χ0n) is 21.9. The van der Waals surface area contributed by atoms with Crippen molar-refractivity contribution in [2.24, 2.45) is 0 Å². The highest BCUT2D eigenvalue weighted by Crippen LogP contribution is 2.39. The minimum atomic E-state index is -0.615. The number of carbonyl (C=O) groups is 3. The molecule has 0 aliphatic carbocycles. The number of fused-ring (bicyclic) bond motifs is 1. The van der Waals surface area contributed by atoms with Crippen molar-refractivity contribution in [1.82, 2.24) is 9.47 Å². The topological polar surface area (TPSA) is 68.6 Å². The van der Waals surface area contributed by atoms with Crippen LogP contribution in [0.25, 0.3) is 10.9 Å². The lowest BCUT2D eigenvalue weighted by atomic mass is 9.78. The molecule has 6 nitrogen and oxygen atoms in total. The van der Waals surface area contributed by atoms with Crippen molar-refractivity contribution >= 4 is 28.6 Å². The summed E-state index contributed by atoms with van der Waals surface area (Å²) in [4.78, 5) is 39.5. The lowest BCUT2D eigenvalue weighted by Crippen LogP contribution is -2.27. The predicted molar refractivity (Wildman–Crippen MR) is 139 cm³/mol. The Morgan fingerprint density at radius 3 is 2.40 bits per heavy atom. The molecular weight excluding hydrogens is 440 g/mol. The lowest BCUT2D eigenvalue weighted by Gasteiger charge is -2.29. The smallest absolute Gasteiger partial charge is 0.318 e. The van der Waals surface area contributed by atoms with Gasteiger partial charge in [-0.15, -0.1) is 0 Å². The average molecular weight is 477 g/mol. The number of aromatic nitrogens is 1. The maximum absolute atomic E-state index is 13.7. The number of Topliss-reactive ketones (excluding diaryl/α,β-unsaturated/α-hetero) is 1. The molecule has 0 saturated heterocycles. The summed E-state index contributed by atoms with van der Waals surface area (Å²) in [6.07, 6.45) is 2.75. The predicted octanol–water partition coefficient (Wildman–Crippen LogP) is 5.25. The van der Waals surface area contributed by atoms with E-state index in [1.165, 1.54) is 6.92 Å². The largest absolute Gasteiger partial charge is 0.426 e. The van der Waals surface area contributed by atoms with E-state index in [1.54, 1.807) is 10.6 Å². The molecule has 0 atom stereocenters. The number of benzene rings is 2. The standard InChI is InChI=1S/C29H36N2O4/c1-19-14-20(2)28(25(15-19)35-27(34)16-21(3)32)29(4,5)17-26(33)31-18-22(12-13-30(6)7)23-10-8-9-11-24(23)31/h8-11,14-15,18H,12-13,16-17H2,1-7H3. The second kappa shape index (κ2) is 10.6. The molecule has 0 N–H and O–H groups in total. The van der Waals surface area contributed by atoms with E-state index in [0.717, 1.165) is 46.1 Å². The number of ether oxygens (including phenoxy) is 1. The fourth-order valence-electron chi connectivity index (χ4n) is 4.79. The average Bonchev–Trinajstić information content (AvgIpc) is 3.09. The van der Waals surface area contributed by atoms with Crippen LogP contribution in [0.5, 0.6) is 5.75 Å². The SMILES string of the molecule is CC(=O)CC(=O)Oc1cc(C)cc(C)c1C(C)(C)CC(=O)n1cc(CCN(C)C)c2ccccc21. The molecule has 0 fully saturated rings. The van der Waals surface area contributed by atoms with Crippen LogP contribution in [0.3, 0.4) is 0 Å². The Kier molecular flexibility index (Phi) is 7.96. The minimum absolute atomic E-state index is 0.0247. The maximum Gasteiger partial charge on any atom is 0.318 e. The van der Waals surface area contributed by atoms with Gasteiger partial charge in [0.15, 0.2) is 0 Å². The monoisotopic (exact) mass is 476 g/mol. The Hall–Kier alpha value is -3.25. The second-order valence-electron chi connectivity index (χ2n) is 10.4. The van der Waals surface area contributed by atoms with E-state index in [1.807, 2.05) is 72.3 Å². The van der Waals surface area contributed by atoms with Gasteiger partial charge in [-0.1, -0.05) is 38.1 Å². The molecular formula is C29H36N2O4. The Bertz CT molecular complexity index is 1270. The molecule has 0 aliphatic heterocycles. The Morgan fingerprint density at radius 1 is 1.06 bits per heavy atom. The summed E-state index contributed by atoms with van der Waals surface area (Å²) in [5, 5.41) is 1.09. The molecule has 35 heavy (non-hydrogen) atoms. The number of nitrogens with zero attached hydrogens (tertiary/aromatic N) is 2. The van der Waals surface area contributed by atoms with Crippen LogP contribution in [0.4, 0.5) is 0 Å². The highest BCUT2D eigenvalue weighted by Gasteiger charge is 2.31. The van der Waals surface area contributed by atoms with E-state index in [0.29, 0.717) is 5.75 Å². The molecule has 0 saturated carbocycles. The van der Waals surface area contributed by atoms with E-state index in [-0.39, 0.29) is 24.5 Å². The number of ketones is 1. The number of hydrogen-bond acceptors (Lipinski definition) is 5. The molecule has 186 valence electrons. The number of aryl methyl sites for hydroxylation is 2. The van der Waals surface area contributed by atoms with Gasteiger partial charge >= 0.3 is 5.97 Å². The van der Waals surface area contributed by atoms with Gasteiger partial charge in [0.05, 0.1) is 5.52 Å². The van der Waals surface area contributed by atoms with Gasteiger partial charge in [0.2, 0.25) is 5.91 Å². The summed E-state index contributed by atoms with van der Waals surface area (Å²) in [7, 11) is 4.08. The lowest BCUT2D eigenvalue weighted by molar-refractivity contribution is -0.137. The van der Waals surface area contributed by atoms with Crippen LogP contribution < -0.4 is 4.74 Å². The van der Waals surface area contributed by atoms with E-state index >= 15 is 0 Å². The third-order valence-electron chi connectivity index (χ3n) is 6.22. The Balaban J connectivity index is 1.96. The van der Waals surface area contributed by atoms with Crippen molar-refractivity contribution in [2.45, 2.75) is 59.3 Å². The van der Waals surface area contributed by atoms with Gasteiger partial charge < -0.3 is 9.64 Å². The number of rotatable bonds is 9. The Labute approximate surface area is 207 Å². The van der Waals surface area contributed by atoms with E-state index in [9.17, 15) is 14.4 Å². The molecule has 0 aliphatic rings.